The minimum Gasteiger partial charge on any atom is -0.390 e. The molecule has 52 heavy (non-hydrogen) atoms. The van der Waals surface area contributed by atoms with E-state index in [0.29, 0.717) is 49.3 Å². The lowest BCUT2D eigenvalue weighted by molar-refractivity contribution is -0.146. The van der Waals surface area contributed by atoms with Gasteiger partial charge in [0.05, 0.1) is 43.6 Å². The highest BCUT2D eigenvalue weighted by Crippen LogP contribution is 2.32. The number of ether oxygens (including phenoxy) is 1. The molecule has 12 nitrogen and oxygen atoms in total. The number of rotatable bonds is 19. The Morgan fingerprint density at radius 3 is 2.25 bits per heavy atom. The molecule has 1 saturated carbocycles. The van der Waals surface area contributed by atoms with Gasteiger partial charge in [0.25, 0.3) is 0 Å². The number of nitrogen functional groups attached to an aromatic ring is 1. The minimum atomic E-state index is -1.17. The SMILES string of the molecule is CC(C)C[C@H](O)[C@H](O)[C@H](CC1CCCCC1)N(Cc1csc(N)n1)C(=O)CCC(=O)N(CC(=O)N(C)CCN1CCOCC1)[C@@H](C)c1ccccc1. The second-order valence-corrected chi connectivity index (χ2v) is 16.0. The van der Waals surface area contributed by atoms with Gasteiger partial charge in [0.15, 0.2) is 5.13 Å². The molecule has 1 saturated heterocycles. The van der Waals surface area contributed by atoms with E-state index in [4.69, 9.17) is 10.5 Å². The first-order valence-corrected chi connectivity index (χ1v) is 20.0. The van der Waals surface area contributed by atoms with Gasteiger partial charge in [0.2, 0.25) is 17.7 Å². The first-order valence-electron chi connectivity index (χ1n) is 19.2. The van der Waals surface area contributed by atoms with Crippen LogP contribution in [-0.2, 0) is 25.7 Å². The van der Waals surface area contributed by atoms with E-state index in [1.807, 2.05) is 51.1 Å². The van der Waals surface area contributed by atoms with Crippen LogP contribution < -0.4 is 5.73 Å². The zero-order chi connectivity index (χ0) is 37.6. The van der Waals surface area contributed by atoms with Gasteiger partial charge in [-0.2, -0.15) is 0 Å². The van der Waals surface area contributed by atoms with Crippen LogP contribution in [0.15, 0.2) is 35.7 Å². The van der Waals surface area contributed by atoms with Crippen molar-refractivity contribution in [1.82, 2.24) is 24.6 Å². The number of aliphatic hydroxyl groups is 2. The van der Waals surface area contributed by atoms with Crippen LogP contribution in [-0.4, -0.2) is 124 Å². The van der Waals surface area contributed by atoms with Crippen LogP contribution in [0.2, 0.25) is 0 Å². The number of hydrogen-bond donors (Lipinski definition) is 3. The number of anilines is 1. The Labute approximate surface area is 314 Å². The van der Waals surface area contributed by atoms with Crippen LogP contribution in [0.1, 0.15) is 95.9 Å². The lowest BCUT2D eigenvalue weighted by atomic mass is 9.81. The molecule has 0 bridgehead atoms. The Hall–Kier alpha value is -3.10. The molecule has 1 aromatic carbocycles. The average Bonchev–Trinajstić information content (AvgIpc) is 3.57. The van der Waals surface area contributed by atoms with E-state index in [9.17, 15) is 24.6 Å². The van der Waals surface area contributed by atoms with Crippen molar-refractivity contribution in [3.05, 3.63) is 47.0 Å². The summed E-state index contributed by atoms with van der Waals surface area (Å²) in [6.45, 7) is 10.2. The summed E-state index contributed by atoms with van der Waals surface area (Å²) in [6.07, 6.45) is 3.93. The van der Waals surface area contributed by atoms with E-state index >= 15 is 0 Å². The summed E-state index contributed by atoms with van der Waals surface area (Å²) in [4.78, 5) is 53.5. The number of aromatic nitrogens is 1. The maximum Gasteiger partial charge on any atom is 0.242 e. The monoisotopic (exact) mass is 742 g/mol. The fraction of sp³-hybridized carbons (Fsp3) is 0.692. The Morgan fingerprint density at radius 1 is 0.981 bits per heavy atom. The van der Waals surface area contributed by atoms with Gasteiger partial charge < -0.3 is 35.4 Å². The van der Waals surface area contributed by atoms with Gasteiger partial charge in [-0.05, 0) is 37.2 Å². The van der Waals surface area contributed by atoms with Crippen molar-refractivity contribution in [1.29, 1.82) is 0 Å². The van der Waals surface area contributed by atoms with Gasteiger partial charge in [-0.15, -0.1) is 11.3 Å². The van der Waals surface area contributed by atoms with Gasteiger partial charge in [0.1, 0.15) is 12.6 Å². The Morgan fingerprint density at radius 2 is 1.63 bits per heavy atom. The van der Waals surface area contributed by atoms with E-state index in [0.717, 1.165) is 50.9 Å². The fourth-order valence-electron chi connectivity index (χ4n) is 7.42. The van der Waals surface area contributed by atoms with E-state index in [2.05, 4.69) is 9.88 Å². The van der Waals surface area contributed by atoms with E-state index < -0.39 is 24.3 Å². The van der Waals surface area contributed by atoms with Crippen LogP contribution in [0, 0.1) is 11.8 Å². The highest BCUT2D eigenvalue weighted by Gasteiger charge is 2.37. The molecule has 13 heteroatoms. The molecule has 0 radical (unpaired) electrons. The smallest absolute Gasteiger partial charge is 0.242 e. The lowest BCUT2D eigenvalue weighted by Crippen LogP contribution is -2.52. The number of nitrogens with two attached hydrogens (primary N) is 1. The Kier molecular flexibility index (Phi) is 16.8. The highest BCUT2D eigenvalue weighted by atomic mass is 32.1. The van der Waals surface area contributed by atoms with Crippen molar-refractivity contribution >= 4 is 34.2 Å². The van der Waals surface area contributed by atoms with Gasteiger partial charge >= 0.3 is 0 Å². The molecule has 0 spiro atoms. The van der Waals surface area contributed by atoms with Gasteiger partial charge in [-0.25, -0.2) is 4.98 Å². The standard InChI is InChI=1S/C39H62N6O6S/c1-28(2)23-34(46)38(50)33(24-30-11-7-5-8-12-30)45(25-32-27-52-39(40)41-32)36(48)16-15-35(47)44(29(3)31-13-9-6-10-14-31)26-37(49)42(4)17-18-43-19-21-51-22-20-43/h6,9-10,13-14,27-30,33-34,38,46,50H,5,7-8,11-12,15-26H2,1-4H3,(H2,40,41)/t29-,33-,34-,38+/m0/s1. The number of hydrogen-bond acceptors (Lipinski definition) is 10. The zero-order valence-corrected chi connectivity index (χ0v) is 32.5. The molecule has 2 aliphatic rings. The Bertz CT molecular complexity index is 1380. The summed E-state index contributed by atoms with van der Waals surface area (Å²) in [5, 5.41) is 25.0. The van der Waals surface area contributed by atoms with Crippen LogP contribution in [0.5, 0.6) is 0 Å². The third-order valence-corrected chi connectivity index (χ3v) is 11.4. The molecule has 1 aliphatic heterocycles. The molecule has 4 N–H and O–H groups in total. The van der Waals surface area contributed by atoms with E-state index in [1.165, 1.54) is 17.8 Å². The third-order valence-electron chi connectivity index (χ3n) is 10.6. The molecule has 1 aromatic heterocycles. The van der Waals surface area contributed by atoms with Gasteiger partial charge in [0, 0.05) is 51.4 Å². The topological polar surface area (TPSA) is 153 Å². The highest BCUT2D eigenvalue weighted by molar-refractivity contribution is 7.13. The van der Waals surface area contributed by atoms with Crippen LogP contribution >= 0.6 is 11.3 Å². The second-order valence-electron chi connectivity index (χ2n) is 15.1. The predicted molar refractivity (Wildman–Crippen MR) is 204 cm³/mol. The molecule has 2 heterocycles. The third kappa shape index (κ3) is 12.8. The number of carbonyl (C=O) groups is 3. The molecule has 0 unspecified atom stereocenters. The summed E-state index contributed by atoms with van der Waals surface area (Å²) < 4.78 is 5.44. The van der Waals surface area contributed by atoms with Crippen molar-refractivity contribution in [2.75, 3.05) is 58.7 Å². The molecular formula is C39H62N6O6S. The largest absolute Gasteiger partial charge is 0.390 e. The summed E-state index contributed by atoms with van der Waals surface area (Å²) in [6, 6.07) is 8.52. The number of morpholine rings is 1. The molecule has 3 amide bonds. The molecule has 4 atom stereocenters. The number of carbonyl (C=O) groups excluding carboxylic acids is 3. The maximum absolute atomic E-state index is 14.3. The molecular weight excluding hydrogens is 681 g/mol. The first-order chi connectivity index (χ1) is 24.9. The quantitative estimate of drug-likeness (QED) is 0.191. The lowest BCUT2D eigenvalue weighted by Gasteiger charge is -2.39. The molecule has 1 aliphatic carbocycles. The number of aliphatic hydroxyl groups excluding tert-OH is 2. The number of likely N-dealkylation sites (N-methyl/N-ethyl adjacent to an activating group) is 1. The molecule has 2 aromatic rings. The average molecular weight is 743 g/mol. The fourth-order valence-corrected chi connectivity index (χ4v) is 7.97. The Balaban J connectivity index is 1.53. The zero-order valence-electron chi connectivity index (χ0n) is 31.7. The predicted octanol–water partition coefficient (Wildman–Crippen LogP) is 4.32. The number of benzene rings is 1. The maximum atomic E-state index is 14.3. The van der Waals surface area contributed by atoms with Crippen LogP contribution in [0.3, 0.4) is 0 Å². The molecule has 4 rings (SSSR count). The van der Waals surface area contributed by atoms with Gasteiger partial charge in [-0.3, -0.25) is 19.3 Å². The minimum absolute atomic E-state index is 0.111. The summed E-state index contributed by atoms with van der Waals surface area (Å²) in [5.74, 6) is -0.322. The van der Waals surface area contributed by atoms with Crippen LogP contribution in [0.4, 0.5) is 5.13 Å². The van der Waals surface area contributed by atoms with Gasteiger partial charge in [-0.1, -0.05) is 76.3 Å². The van der Waals surface area contributed by atoms with E-state index in [1.54, 1.807) is 27.1 Å². The summed E-state index contributed by atoms with van der Waals surface area (Å²) in [5.41, 5.74) is 7.47. The number of thiazole rings is 1. The molecule has 2 fully saturated rings. The van der Waals surface area contributed by atoms with Crippen molar-refractivity contribution < 1.29 is 29.3 Å². The number of nitrogens with zero attached hydrogens (tertiary/aromatic N) is 5. The van der Waals surface area contributed by atoms with Crippen LogP contribution in [0.25, 0.3) is 0 Å². The second kappa shape index (κ2) is 21.0. The van der Waals surface area contributed by atoms with E-state index in [-0.39, 0.29) is 49.6 Å². The van der Waals surface area contributed by atoms with Crippen molar-refractivity contribution in [2.45, 2.75) is 109 Å². The summed E-state index contributed by atoms with van der Waals surface area (Å²) >= 11 is 1.28. The first kappa shape index (κ1) is 41.7. The number of amides is 3. The summed E-state index contributed by atoms with van der Waals surface area (Å²) in [7, 11) is 1.76. The van der Waals surface area contributed by atoms with Crippen molar-refractivity contribution in [2.24, 2.45) is 11.8 Å². The van der Waals surface area contributed by atoms with Crippen molar-refractivity contribution in [3.8, 4) is 0 Å². The molecule has 290 valence electrons. The normalized spacial score (nSPS) is 18.1. The van der Waals surface area contributed by atoms with Crippen molar-refractivity contribution in [3.63, 3.8) is 0 Å².